The molecule has 1 heterocycles. The number of nitrogens with one attached hydrogen (secondary N) is 1. The molecule has 1 unspecified atom stereocenters. The van der Waals surface area contributed by atoms with E-state index in [1.54, 1.807) is 0 Å². The van der Waals surface area contributed by atoms with Crippen LogP contribution in [0.4, 0.5) is 0 Å². The topological polar surface area (TPSA) is 24.5 Å². The third-order valence-electron chi connectivity index (χ3n) is 3.63. The normalized spacial score (nSPS) is 21.0. The first-order chi connectivity index (χ1) is 8.09. The van der Waals surface area contributed by atoms with Gasteiger partial charge in [0.1, 0.15) is 0 Å². The van der Waals surface area contributed by atoms with E-state index in [4.69, 9.17) is 4.74 Å². The summed E-state index contributed by atoms with van der Waals surface area (Å²) in [6.07, 6.45) is 2.66. The summed E-state index contributed by atoms with van der Waals surface area (Å²) in [6.45, 7) is 11.9. The molecule has 1 fully saturated rings. The van der Waals surface area contributed by atoms with Crippen molar-refractivity contribution in [1.29, 1.82) is 0 Å². The lowest BCUT2D eigenvalue weighted by Crippen LogP contribution is -2.41. The van der Waals surface area contributed by atoms with Crippen LogP contribution in [0.3, 0.4) is 0 Å². The van der Waals surface area contributed by atoms with E-state index in [-0.39, 0.29) is 0 Å². The monoisotopic (exact) mass is 242 g/mol. The Labute approximate surface area is 107 Å². The summed E-state index contributed by atoms with van der Waals surface area (Å²) in [4.78, 5) is 2.43. The van der Waals surface area contributed by atoms with Crippen LogP contribution in [0.25, 0.3) is 0 Å². The summed E-state index contributed by atoms with van der Waals surface area (Å²) in [5.74, 6) is 1.48. The first kappa shape index (κ1) is 14.9. The lowest BCUT2D eigenvalue weighted by molar-refractivity contribution is 0.106. The van der Waals surface area contributed by atoms with Crippen LogP contribution in [0.5, 0.6) is 0 Å². The van der Waals surface area contributed by atoms with E-state index < -0.39 is 0 Å². The Morgan fingerprint density at radius 1 is 1.24 bits per heavy atom. The second-order valence-corrected chi connectivity index (χ2v) is 5.85. The summed E-state index contributed by atoms with van der Waals surface area (Å²) in [5, 5.41) is 3.60. The van der Waals surface area contributed by atoms with E-state index in [0.717, 1.165) is 25.7 Å². The molecule has 0 amide bonds. The molecule has 0 aromatic heterocycles. The molecular formula is C14H30N2O. The molecule has 0 bridgehead atoms. The average molecular weight is 242 g/mol. The van der Waals surface area contributed by atoms with Crippen LogP contribution in [0.1, 0.15) is 33.6 Å². The second kappa shape index (κ2) is 8.06. The maximum atomic E-state index is 5.58. The van der Waals surface area contributed by atoms with Gasteiger partial charge >= 0.3 is 0 Å². The predicted octanol–water partition coefficient (Wildman–Crippen LogP) is 1.98. The molecule has 1 aliphatic heterocycles. The van der Waals surface area contributed by atoms with Gasteiger partial charge in [0, 0.05) is 19.2 Å². The number of ether oxygens (including phenoxy) is 1. The summed E-state index contributed by atoms with van der Waals surface area (Å²) in [7, 11) is 2.22. The van der Waals surface area contributed by atoms with Crippen LogP contribution in [0, 0.1) is 11.8 Å². The SMILES string of the molecule is CC(C)COCCNC(C)C1CCN(C)CC1. The van der Waals surface area contributed by atoms with E-state index in [0.29, 0.717) is 12.0 Å². The molecule has 102 valence electrons. The molecule has 0 radical (unpaired) electrons. The standard InChI is InChI=1S/C14H30N2O/c1-12(2)11-17-10-7-15-13(3)14-5-8-16(4)9-6-14/h12-15H,5-11H2,1-4H3. The van der Waals surface area contributed by atoms with Gasteiger partial charge in [0.25, 0.3) is 0 Å². The van der Waals surface area contributed by atoms with Gasteiger partial charge in [-0.2, -0.15) is 0 Å². The van der Waals surface area contributed by atoms with Crippen molar-refractivity contribution in [3.05, 3.63) is 0 Å². The van der Waals surface area contributed by atoms with E-state index in [1.165, 1.54) is 25.9 Å². The van der Waals surface area contributed by atoms with Gasteiger partial charge < -0.3 is 15.0 Å². The fourth-order valence-electron chi connectivity index (χ4n) is 2.37. The summed E-state index contributed by atoms with van der Waals surface area (Å²) in [6, 6.07) is 0.631. The van der Waals surface area contributed by atoms with Crippen LogP contribution in [0.2, 0.25) is 0 Å². The number of hydrogen-bond acceptors (Lipinski definition) is 3. The van der Waals surface area contributed by atoms with E-state index >= 15 is 0 Å². The summed E-state index contributed by atoms with van der Waals surface area (Å²) in [5.41, 5.74) is 0. The van der Waals surface area contributed by atoms with Crippen LogP contribution in [0.15, 0.2) is 0 Å². The van der Waals surface area contributed by atoms with E-state index in [9.17, 15) is 0 Å². The van der Waals surface area contributed by atoms with E-state index in [1.807, 2.05) is 0 Å². The Kier molecular flexibility index (Phi) is 7.09. The first-order valence-corrected chi connectivity index (χ1v) is 7.09. The van der Waals surface area contributed by atoms with Crippen LogP contribution >= 0.6 is 0 Å². The van der Waals surface area contributed by atoms with Gasteiger partial charge in [0.15, 0.2) is 0 Å². The molecule has 1 rings (SSSR count). The third-order valence-corrected chi connectivity index (χ3v) is 3.63. The highest BCUT2D eigenvalue weighted by molar-refractivity contribution is 4.78. The van der Waals surface area contributed by atoms with Crippen LogP contribution < -0.4 is 5.32 Å². The average Bonchev–Trinajstić information content (AvgIpc) is 2.29. The fourth-order valence-corrected chi connectivity index (χ4v) is 2.37. The highest BCUT2D eigenvalue weighted by Crippen LogP contribution is 2.19. The Hall–Kier alpha value is -0.120. The van der Waals surface area contributed by atoms with Gasteiger partial charge in [-0.05, 0) is 51.7 Å². The molecular weight excluding hydrogens is 212 g/mol. The molecule has 3 heteroatoms. The molecule has 3 nitrogen and oxygen atoms in total. The Balaban J connectivity index is 2.02. The predicted molar refractivity (Wildman–Crippen MR) is 73.3 cm³/mol. The highest BCUT2D eigenvalue weighted by Gasteiger charge is 2.21. The number of likely N-dealkylation sites (tertiary alicyclic amines) is 1. The third kappa shape index (κ3) is 6.39. The zero-order valence-electron chi connectivity index (χ0n) is 12.0. The van der Waals surface area contributed by atoms with Gasteiger partial charge in [-0.3, -0.25) is 0 Å². The van der Waals surface area contributed by atoms with Gasteiger partial charge in [-0.25, -0.2) is 0 Å². The minimum absolute atomic E-state index is 0.631. The molecule has 1 N–H and O–H groups in total. The van der Waals surface area contributed by atoms with Crippen LogP contribution in [-0.4, -0.2) is 50.8 Å². The van der Waals surface area contributed by atoms with Crippen molar-refractivity contribution in [2.75, 3.05) is 39.9 Å². The van der Waals surface area contributed by atoms with Crippen molar-refractivity contribution in [2.24, 2.45) is 11.8 Å². The van der Waals surface area contributed by atoms with Gasteiger partial charge in [0.2, 0.25) is 0 Å². The number of piperidine rings is 1. The molecule has 1 atom stereocenters. The quantitative estimate of drug-likeness (QED) is 0.691. The molecule has 0 aliphatic carbocycles. The zero-order valence-corrected chi connectivity index (χ0v) is 12.0. The minimum Gasteiger partial charge on any atom is -0.380 e. The van der Waals surface area contributed by atoms with Crippen molar-refractivity contribution in [3.63, 3.8) is 0 Å². The zero-order chi connectivity index (χ0) is 12.7. The van der Waals surface area contributed by atoms with Crippen LogP contribution in [-0.2, 0) is 4.74 Å². The second-order valence-electron chi connectivity index (χ2n) is 5.85. The molecule has 0 aromatic rings. The van der Waals surface area contributed by atoms with Gasteiger partial charge in [-0.1, -0.05) is 13.8 Å². The van der Waals surface area contributed by atoms with Crippen molar-refractivity contribution in [3.8, 4) is 0 Å². The smallest absolute Gasteiger partial charge is 0.0591 e. The van der Waals surface area contributed by atoms with Gasteiger partial charge in [0.05, 0.1) is 6.61 Å². The molecule has 17 heavy (non-hydrogen) atoms. The van der Waals surface area contributed by atoms with Crippen molar-refractivity contribution in [1.82, 2.24) is 10.2 Å². The molecule has 0 spiro atoms. The minimum atomic E-state index is 0.631. The molecule has 1 aliphatic rings. The first-order valence-electron chi connectivity index (χ1n) is 7.09. The molecule has 0 saturated carbocycles. The van der Waals surface area contributed by atoms with Gasteiger partial charge in [-0.15, -0.1) is 0 Å². The van der Waals surface area contributed by atoms with E-state index in [2.05, 4.69) is 38.0 Å². The van der Waals surface area contributed by atoms with Crippen molar-refractivity contribution < 1.29 is 4.74 Å². The van der Waals surface area contributed by atoms with Crippen molar-refractivity contribution in [2.45, 2.75) is 39.7 Å². The van der Waals surface area contributed by atoms with Crippen molar-refractivity contribution >= 4 is 0 Å². The molecule has 0 aromatic carbocycles. The summed E-state index contributed by atoms with van der Waals surface area (Å²) < 4.78 is 5.58. The Morgan fingerprint density at radius 2 is 1.88 bits per heavy atom. The number of rotatable bonds is 7. The largest absolute Gasteiger partial charge is 0.380 e. The Morgan fingerprint density at radius 3 is 2.47 bits per heavy atom. The molecule has 1 saturated heterocycles. The fraction of sp³-hybridized carbons (Fsp3) is 1.00. The number of nitrogens with zero attached hydrogens (tertiary/aromatic N) is 1. The maximum Gasteiger partial charge on any atom is 0.0591 e. The highest BCUT2D eigenvalue weighted by atomic mass is 16.5. The summed E-state index contributed by atoms with van der Waals surface area (Å²) >= 11 is 0. The maximum absolute atomic E-state index is 5.58. The lowest BCUT2D eigenvalue weighted by atomic mass is 9.90. The Bertz CT molecular complexity index is 189. The lowest BCUT2D eigenvalue weighted by Gasteiger charge is -2.33. The number of hydrogen-bond donors (Lipinski definition) is 1.